The lowest BCUT2D eigenvalue weighted by Gasteiger charge is -2.29. The number of hydrogen-bond donors (Lipinski definition) is 1. The number of urea groups is 1. The van der Waals surface area contributed by atoms with E-state index in [0.717, 1.165) is 29.9 Å². The van der Waals surface area contributed by atoms with Crippen LogP contribution in [0.1, 0.15) is 52.5 Å². The van der Waals surface area contributed by atoms with Crippen LogP contribution in [0, 0.1) is 17.8 Å². The lowest BCUT2D eigenvalue weighted by molar-refractivity contribution is 0.248. The van der Waals surface area contributed by atoms with Crippen LogP contribution < -0.4 is 15.1 Å². The Morgan fingerprint density at radius 3 is 2.89 bits per heavy atom. The molecule has 7 heteroatoms. The standard InChI is InChI=1S/C28H34FN5O/c1-6-9-15-33(18-28(5)12-13-28)23-10-14-31-26-21(23)11-16-34(26)27(35)32-22-17-20(7-2)25(30-8-3)19(4)24(22)29/h1,7,10,14,17H,8-9,11-13,15-16,18H2,2-5H3,(H,32,35)/b20-7-,30-25?. The second-order valence-corrected chi connectivity index (χ2v) is 9.71. The Morgan fingerprint density at radius 1 is 1.46 bits per heavy atom. The lowest BCUT2D eigenvalue weighted by Crippen LogP contribution is -2.39. The number of aromatic nitrogens is 1. The van der Waals surface area contributed by atoms with Crippen LogP contribution >= 0.6 is 0 Å². The van der Waals surface area contributed by atoms with E-state index in [1.807, 2.05) is 26.0 Å². The molecule has 0 saturated heterocycles. The van der Waals surface area contributed by atoms with Crippen molar-refractivity contribution in [3.63, 3.8) is 0 Å². The zero-order chi connectivity index (χ0) is 25.2. The van der Waals surface area contributed by atoms with Crippen LogP contribution in [0.15, 0.2) is 52.1 Å². The van der Waals surface area contributed by atoms with Gasteiger partial charge in [-0.05, 0) is 63.2 Å². The predicted octanol–water partition coefficient (Wildman–Crippen LogP) is 5.33. The number of aliphatic imine (C=N–C) groups is 1. The van der Waals surface area contributed by atoms with Gasteiger partial charge in [0.25, 0.3) is 0 Å². The van der Waals surface area contributed by atoms with Crippen molar-refractivity contribution < 1.29 is 9.18 Å². The topological polar surface area (TPSA) is 60.8 Å². The van der Waals surface area contributed by atoms with Crippen molar-refractivity contribution in [1.29, 1.82) is 0 Å². The zero-order valence-electron chi connectivity index (χ0n) is 21.1. The molecule has 0 unspecified atom stereocenters. The predicted molar refractivity (Wildman–Crippen MR) is 140 cm³/mol. The van der Waals surface area contributed by atoms with Gasteiger partial charge in [0.1, 0.15) is 5.82 Å². The van der Waals surface area contributed by atoms with Gasteiger partial charge in [-0.25, -0.2) is 14.2 Å². The van der Waals surface area contributed by atoms with Gasteiger partial charge in [-0.2, -0.15) is 0 Å². The molecule has 1 aromatic rings. The van der Waals surface area contributed by atoms with Crippen LogP contribution in [0.4, 0.5) is 20.7 Å². The summed E-state index contributed by atoms with van der Waals surface area (Å²) in [5.74, 6) is 2.92. The van der Waals surface area contributed by atoms with Crippen molar-refractivity contribution in [2.24, 2.45) is 10.4 Å². The number of allylic oxidation sites excluding steroid dienone is 5. The van der Waals surface area contributed by atoms with Gasteiger partial charge in [0.05, 0.1) is 11.4 Å². The van der Waals surface area contributed by atoms with Gasteiger partial charge < -0.3 is 10.2 Å². The Balaban J connectivity index is 1.58. The molecule has 184 valence electrons. The fraction of sp³-hybridized carbons (Fsp3) is 0.464. The number of hydrogen-bond acceptors (Lipinski definition) is 4. The van der Waals surface area contributed by atoms with Crippen LogP contribution in [0.2, 0.25) is 0 Å². The molecular formula is C28H34FN5O. The first-order valence-electron chi connectivity index (χ1n) is 12.4. The molecule has 1 N–H and O–H groups in total. The Morgan fingerprint density at radius 2 is 2.23 bits per heavy atom. The highest BCUT2D eigenvalue weighted by Gasteiger charge is 2.40. The smallest absolute Gasteiger partial charge is 0.327 e. The number of terminal acetylenes is 1. The number of nitrogens with one attached hydrogen (secondary N) is 1. The lowest BCUT2D eigenvalue weighted by atomic mass is 9.95. The summed E-state index contributed by atoms with van der Waals surface area (Å²) in [5.41, 5.74) is 4.44. The molecule has 4 rings (SSSR count). The number of carbonyl (C=O) groups is 1. The number of rotatable bonds is 7. The third-order valence-corrected chi connectivity index (χ3v) is 7.00. The maximum Gasteiger partial charge on any atom is 0.327 e. The van der Waals surface area contributed by atoms with Gasteiger partial charge in [0, 0.05) is 55.6 Å². The maximum atomic E-state index is 15.2. The molecule has 1 fully saturated rings. The second-order valence-electron chi connectivity index (χ2n) is 9.71. The molecule has 0 atom stereocenters. The first-order chi connectivity index (χ1) is 16.8. The molecule has 3 aliphatic rings. The van der Waals surface area contributed by atoms with E-state index in [1.165, 1.54) is 12.8 Å². The molecule has 1 saturated carbocycles. The van der Waals surface area contributed by atoms with E-state index in [1.54, 1.807) is 24.1 Å². The minimum Gasteiger partial charge on any atom is -0.370 e. The van der Waals surface area contributed by atoms with Crippen LogP contribution in [0.25, 0.3) is 0 Å². The monoisotopic (exact) mass is 475 g/mol. The molecule has 35 heavy (non-hydrogen) atoms. The maximum absolute atomic E-state index is 15.2. The average molecular weight is 476 g/mol. The summed E-state index contributed by atoms with van der Waals surface area (Å²) >= 11 is 0. The summed E-state index contributed by atoms with van der Waals surface area (Å²) in [6.07, 6.45) is 14.6. The van der Waals surface area contributed by atoms with E-state index in [2.05, 4.69) is 33.0 Å². The summed E-state index contributed by atoms with van der Waals surface area (Å²) < 4.78 is 15.2. The average Bonchev–Trinajstić information content (AvgIpc) is 3.41. The largest absolute Gasteiger partial charge is 0.370 e. The molecule has 0 spiro atoms. The van der Waals surface area contributed by atoms with Crippen molar-refractivity contribution in [2.45, 2.75) is 53.4 Å². The number of pyridine rings is 1. The molecule has 1 aromatic heterocycles. The Labute approximate surface area is 207 Å². The van der Waals surface area contributed by atoms with Crippen molar-refractivity contribution >= 4 is 23.2 Å². The Bertz CT molecular complexity index is 1180. The molecule has 2 amide bonds. The van der Waals surface area contributed by atoms with Gasteiger partial charge in [-0.1, -0.05) is 13.0 Å². The SMILES string of the molecule is C#CCCN(CC1(C)CC1)c1ccnc2c1CCN2C(=O)NC1=C/C(=C/C)C(=NCC)C(C)=C1F. The van der Waals surface area contributed by atoms with Crippen LogP contribution in [-0.4, -0.2) is 42.9 Å². The van der Waals surface area contributed by atoms with Crippen molar-refractivity contribution in [3.05, 3.63) is 52.6 Å². The minimum atomic E-state index is -0.463. The van der Waals surface area contributed by atoms with Gasteiger partial charge in [0.15, 0.2) is 5.83 Å². The fourth-order valence-corrected chi connectivity index (χ4v) is 4.76. The molecule has 2 aliphatic carbocycles. The fourth-order valence-electron chi connectivity index (χ4n) is 4.76. The van der Waals surface area contributed by atoms with Gasteiger partial charge in [-0.3, -0.25) is 9.89 Å². The highest BCUT2D eigenvalue weighted by Crippen LogP contribution is 2.47. The number of fused-ring (bicyclic) bond motifs is 1. The summed E-state index contributed by atoms with van der Waals surface area (Å²) in [6.45, 7) is 10.5. The minimum absolute atomic E-state index is 0.151. The highest BCUT2D eigenvalue weighted by atomic mass is 19.1. The van der Waals surface area contributed by atoms with Crippen molar-refractivity contribution in [3.8, 4) is 12.3 Å². The van der Waals surface area contributed by atoms with E-state index in [-0.39, 0.29) is 5.70 Å². The summed E-state index contributed by atoms with van der Waals surface area (Å²) in [4.78, 5) is 26.2. The summed E-state index contributed by atoms with van der Waals surface area (Å²) in [7, 11) is 0. The molecule has 2 heterocycles. The van der Waals surface area contributed by atoms with E-state index >= 15 is 4.39 Å². The van der Waals surface area contributed by atoms with Crippen LogP contribution in [0.3, 0.4) is 0 Å². The van der Waals surface area contributed by atoms with Gasteiger partial charge >= 0.3 is 6.03 Å². The Hall–Kier alpha value is -3.40. The first kappa shape index (κ1) is 24.7. The highest BCUT2D eigenvalue weighted by molar-refractivity contribution is 6.16. The third kappa shape index (κ3) is 5.02. The molecule has 0 bridgehead atoms. The quantitative estimate of drug-likeness (QED) is 0.542. The van der Waals surface area contributed by atoms with Crippen molar-refractivity contribution in [2.75, 3.05) is 36.0 Å². The zero-order valence-corrected chi connectivity index (χ0v) is 21.1. The van der Waals surface area contributed by atoms with Crippen LogP contribution in [-0.2, 0) is 6.42 Å². The number of carbonyl (C=O) groups excluding carboxylic acids is 1. The van der Waals surface area contributed by atoms with Crippen molar-refractivity contribution in [1.82, 2.24) is 10.3 Å². The molecular weight excluding hydrogens is 441 g/mol. The third-order valence-electron chi connectivity index (χ3n) is 7.00. The molecule has 0 aromatic carbocycles. The molecule has 6 nitrogen and oxygen atoms in total. The second kappa shape index (κ2) is 10.1. The number of halogens is 1. The first-order valence-corrected chi connectivity index (χ1v) is 12.4. The van der Waals surface area contributed by atoms with E-state index in [0.29, 0.717) is 48.4 Å². The van der Waals surface area contributed by atoms with Crippen LogP contribution in [0.5, 0.6) is 0 Å². The van der Waals surface area contributed by atoms with E-state index in [4.69, 9.17) is 6.42 Å². The summed E-state index contributed by atoms with van der Waals surface area (Å²) in [5, 5.41) is 2.78. The van der Waals surface area contributed by atoms with Gasteiger partial charge in [-0.15, -0.1) is 12.3 Å². The number of nitrogens with zero attached hydrogens (tertiary/aromatic N) is 4. The Kier molecular flexibility index (Phi) is 7.11. The van der Waals surface area contributed by atoms with E-state index in [9.17, 15) is 4.79 Å². The summed E-state index contributed by atoms with van der Waals surface area (Å²) in [6, 6.07) is 1.63. The molecule has 0 radical (unpaired) electrons. The number of amides is 2. The van der Waals surface area contributed by atoms with E-state index < -0.39 is 11.9 Å². The van der Waals surface area contributed by atoms with Gasteiger partial charge in [0.2, 0.25) is 0 Å². The molecule has 1 aliphatic heterocycles. The number of anilines is 2. The normalized spacial score (nSPS) is 20.6.